The number of hydrogen-bond donors (Lipinski definition) is 1. The van der Waals surface area contributed by atoms with E-state index in [1.807, 2.05) is 26.0 Å². The van der Waals surface area contributed by atoms with Gasteiger partial charge in [-0.3, -0.25) is 4.79 Å². The summed E-state index contributed by atoms with van der Waals surface area (Å²) >= 11 is 6.01. The fourth-order valence-corrected chi connectivity index (χ4v) is 3.99. The molecule has 0 radical (unpaired) electrons. The summed E-state index contributed by atoms with van der Waals surface area (Å²) in [5.41, 5.74) is 2.35. The molecule has 0 unspecified atom stereocenters. The second kappa shape index (κ2) is 10.0. The summed E-state index contributed by atoms with van der Waals surface area (Å²) < 4.78 is 5.85. The number of halogens is 1. The van der Waals surface area contributed by atoms with E-state index in [0.29, 0.717) is 17.2 Å². The molecule has 4 nitrogen and oxygen atoms in total. The monoisotopic (exact) mass is 414 g/mol. The standard InChI is InChI=1S/C24H31ClN2O2/c1-4-23(29-22-9-5-8-20(25)15-22)24(28)26-18(3)19-10-12-21(13-11-19)27-14-6-7-17(2)16-27/h5,8-13,15,17-18,23H,4,6-7,14,16H2,1-3H3,(H,26,28)/t17-,18+,23-/m1/s1. The number of amides is 1. The Labute approximate surface area is 179 Å². The Hall–Kier alpha value is -2.20. The van der Waals surface area contributed by atoms with Gasteiger partial charge in [-0.25, -0.2) is 0 Å². The van der Waals surface area contributed by atoms with Crippen molar-refractivity contribution >= 4 is 23.2 Å². The highest BCUT2D eigenvalue weighted by atomic mass is 35.5. The van der Waals surface area contributed by atoms with Crippen LogP contribution in [0.5, 0.6) is 5.75 Å². The fourth-order valence-electron chi connectivity index (χ4n) is 3.81. The van der Waals surface area contributed by atoms with E-state index in [1.54, 1.807) is 12.1 Å². The zero-order valence-corrected chi connectivity index (χ0v) is 18.3. The summed E-state index contributed by atoms with van der Waals surface area (Å²) in [5, 5.41) is 3.67. The second-order valence-corrected chi connectivity index (χ2v) is 8.42. The first-order valence-electron chi connectivity index (χ1n) is 10.5. The van der Waals surface area contributed by atoms with Crippen molar-refractivity contribution in [3.63, 3.8) is 0 Å². The van der Waals surface area contributed by atoms with Crippen LogP contribution < -0.4 is 15.0 Å². The minimum atomic E-state index is -0.551. The van der Waals surface area contributed by atoms with Crippen molar-refractivity contribution in [2.24, 2.45) is 5.92 Å². The predicted octanol–water partition coefficient (Wildman–Crippen LogP) is 5.61. The summed E-state index contributed by atoms with van der Waals surface area (Å²) in [4.78, 5) is 15.2. The molecule has 156 valence electrons. The van der Waals surface area contributed by atoms with Gasteiger partial charge in [0, 0.05) is 23.8 Å². The number of carbonyl (C=O) groups is 1. The Bertz CT molecular complexity index is 809. The van der Waals surface area contributed by atoms with E-state index in [4.69, 9.17) is 16.3 Å². The molecule has 1 saturated heterocycles. The van der Waals surface area contributed by atoms with Crippen LogP contribution in [-0.4, -0.2) is 25.1 Å². The lowest BCUT2D eigenvalue weighted by Gasteiger charge is -2.33. The van der Waals surface area contributed by atoms with Crippen LogP contribution in [0.2, 0.25) is 5.02 Å². The molecule has 0 saturated carbocycles. The summed E-state index contributed by atoms with van der Waals surface area (Å²) in [6.45, 7) is 8.49. The molecular weight excluding hydrogens is 384 g/mol. The third-order valence-electron chi connectivity index (χ3n) is 5.51. The lowest BCUT2D eigenvalue weighted by atomic mass is 9.99. The molecule has 1 aliphatic heterocycles. The van der Waals surface area contributed by atoms with E-state index >= 15 is 0 Å². The van der Waals surface area contributed by atoms with Crippen LogP contribution >= 0.6 is 11.6 Å². The SMILES string of the molecule is CC[C@@H](Oc1cccc(Cl)c1)C(=O)N[C@@H](C)c1ccc(N2CCC[C@@H](C)C2)cc1. The number of benzene rings is 2. The minimum absolute atomic E-state index is 0.0890. The van der Waals surface area contributed by atoms with Crippen LogP contribution in [0.1, 0.15) is 51.6 Å². The first-order chi connectivity index (χ1) is 14.0. The van der Waals surface area contributed by atoms with Gasteiger partial charge in [-0.2, -0.15) is 0 Å². The van der Waals surface area contributed by atoms with Crippen LogP contribution in [0, 0.1) is 5.92 Å². The minimum Gasteiger partial charge on any atom is -0.481 e. The summed E-state index contributed by atoms with van der Waals surface area (Å²) in [6.07, 6.45) is 2.59. The number of piperidine rings is 1. The Morgan fingerprint density at radius 1 is 1.28 bits per heavy atom. The Balaban J connectivity index is 1.59. The van der Waals surface area contributed by atoms with Crippen LogP contribution in [0.4, 0.5) is 5.69 Å². The fraction of sp³-hybridized carbons (Fsp3) is 0.458. The first kappa shape index (κ1) is 21.5. The second-order valence-electron chi connectivity index (χ2n) is 7.99. The van der Waals surface area contributed by atoms with Gasteiger partial charge in [0.25, 0.3) is 5.91 Å². The Morgan fingerprint density at radius 2 is 2.03 bits per heavy atom. The van der Waals surface area contributed by atoms with Crippen molar-refractivity contribution in [3.8, 4) is 5.75 Å². The molecule has 5 heteroatoms. The van der Waals surface area contributed by atoms with Crippen LogP contribution in [0.3, 0.4) is 0 Å². The van der Waals surface area contributed by atoms with Crippen LogP contribution in [-0.2, 0) is 4.79 Å². The number of hydrogen-bond acceptors (Lipinski definition) is 3. The summed E-state index contributed by atoms with van der Waals surface area (Å²) in [7, 11) is 0. The molecular formula is C24H31ClN2O2. The maximum absolute atomic E-state index is 12.7. The zero-order chi connectivity index (χ0) is 20.8. The average molecular weight is 415 g/mol. The maximum Gasteiger partial charge on any atom is 0.261 e. The quantitative estimate of drug-likeness (QED) is 0.640. The number of ether oxygens (including phenoxy) is 1. The van der Waals surface area contributed by atoms with Crippen molar-refractivity contribution in [2.75, 3.05) is 18.0 Å². The summed E-state index contributed by atoms with van der Waals surface area (Å²) in [5.74, 6) is 1.23. The molecule has 0 spiro atoms. The van der Waals surface area contributed by atoms with E-state index in [-0.39, 0.29) is 11.9 Å². The van der Waals surface area contributed by atoms with Gasteiger partial charge in [0.15, 0.2) is 6.10 Å². The molecule has 0 aliphatic carbocycles. The topological polar surface area (TPSA) is 41.6 Å². The molecule has 1 fully saturated rings. The highest BCUT2D eigenvalue weighted by Gasteiger charge is 2.21. The van der Waals surface area contributed by atoms with E-state index in [0.717, 1.165) is 24.6 Å². The zero-order valence-electron chi connectivity index (χ0n) is 17.5. The third kappa shape index (κ3) is 5.89. The molecule has 2 aromatic carbocycles. The van der Waals surface area contributed by atoms with Crippen molar-refractivity contribution in [1.82, 2.24) is 5.32 Å². The smallest absolute Gasteiger partial charge is 0.261 e. The molecule has 1 heterocycles. The number of nitrogens with one attached hydrogen (secondary N) is 1. The van der Waals surface area contributed by atoms with Gasteiger partial charge in [-0.1, -0.05) is 43.6 Å². The third-order valence-corrected chi connectivity index (χ3v) is 5.75. The molecule has 1 amide bonds. The van der Waals surface area contributed by atoms with E-state index < -0.39 is 6.10 Å². The molecule has 0 bridgehead atoms. The lowest BCUT2D eigenvalue weighted by molar-refractivity contribution is -0.128. The van der Waals surface area contributed by atoms with Crippen molar-refractivity contribution < 1.29 is 9.53 Å². The predicted molar refractivity (Wildman–Crippen MR) is 120 cm³/mol. The normalized spacial score (nSPS) is 18.8. The van der Waals surface area contributed by atoms with Gasteiger partial charge in [0.2, 0.25) is 0 Å². The lowest BCUT2D eigenvalue weighted by Crippen LogP contribution is -2.39. The highest BCUT2D eigenvalue weighted by molar-refractivity contribution is 6.30. The average Bonchev–Trinajstić information content (AvgIpc) is 2.72. The van der Waals surface area contributed by atoms with E-state index in [1.165, 1.54) is 18.5 Å². The van der Waals surface area contributed by atoms with Gasteiger partial charge in [0.05, 0.1) is 6.04 Å². The van der Waals surface area contributed by atoms with E-state index in [2.05, 4.69) is 41.4 Å². The van der Waals surface area contributed by atoms with Gasteiger partial charge in [0.1, 0.15) is 5.75 Å². The molecule has 29 heavy (non-hydrogen) atoms. The summed E-state index contributed by atoms with van der Waals surface area (Å²) in [6, 6.07) is 15.6. The van der Waals surface area contributed by atoms with Crippen molar-refractivity contribution in [3.05, 3.63) is 59.1 Å². The van der Waals surface area contributed by atoms with Gasteiger partial charge < -0.3 is 15.0 Å². The first-order valence-corrected chi connectivity index (χ1v) is 10.9. The molecule has 3 rings (SSSR count). The van der Waals surface area contributed by atoms with Gasteiger partial charge in [-0.15, -0.1) is 0 Å². The number of rotatable bonds is 7. The van der Waals surface area contributed by atoms with Crippen LogP contribution in [0.15, 0.2) is 48.5 Å². The number of carbonyl (C=O) groups excluding carboxylic acids is 1. The number of anilines is 1. The maximum atomic E-state index is 12.7. The van der Waals surface area contributed by atoms with Crippen molar-refractivity contribution in [1.29, 1.82) is 0 Å². The largest absolute Gasteiger partial charge is 0.481 e. The number of nitrogens with zero attached hydrogens (tertiary/aromatic N) is 1. The molecule has 1 aliphatic rings. The molecule has 0 aromatic heterocycles. The van der Waals surface area contributed by atoms with Gasteiger partial charge >= 0.3 is 0 Å². The van der Waals surface area contributed by atoms with Crippen LogP contribution in [0.25, 0.3) is 0 Å². The van der Waals surface area contributed by atoms with E-state index in [9.17, 15) is 4.79 Å². The van der Waals surface area contributed by atoms with Gasteiger partial charge in [-0.05, 0) is 68.0 Å². The molecule has 3 atom stereocenters. The molecule has 2 aromatic rings. The highest BCUT2D eigenvalue weighted by Crippen LogP contribution is 2.25. The Kier molecular flexibility index (Phi) is 7.43. The van der Waals surface area contributed by atoms with Crippen molar-refractivity contribution in [2.45, 2.75) is 52.2 Å². The Morgan fingerprint density at radius 3 is 2.69 bits per heavy atom. The molecule has 1 N–H and O–H groups in total.